The average Bonchev–Trinajstić information content (AvgIpc) is 3.08. The summed E-state index contributed by atoms with van der Waals surface area (Å²) in [5.41, 5.74) is -1.06. The standard InChI is InChI=1S/C27H48O5/c1-16(6-5-10-25(2,32)15-28)19-7-8-20-24-21(14-23(31)27(19,20)4)26(3)11-9-18(29)12-17(26)13-22(24)30/h16-24,28-32H,5-15H2,1-4H3/t16-,17-,18-,19-,20+,21+,22-,23+,24+,25?,26+,27-/m1/s1. The van der Waals surface area contributed by atoms with Crippen LogP contribution in [0.2, 0.25) is 0 Å². The molecule has 0 heterocycles. The fourth-order valence-electron chi connectivity index (χ4n) is 9.22. The molecule has 4 fully saturated rings. The molecule has 5 nitrogen and oxygen atoms in total. The van der Waals surface area contributed by atoms with Crippen LogP contribution in [0.25, 0.3) is 0 Å². The van der Waals surface area contributed by atoms with Crippen LogP contribution >= 0.6 is 0 Å². The Balaban J connectivity index is 1.51. The van der Waals surface area contributed by atoms with Crippen molar-refractivity contribution in [3.05, 3.63) is 0 Å². The van der Waals surface area contributed by atoms with Gasteiger partial charge in [-0.3, -0.25) is 0 Å². The van der Waals surface area contributed by atoms with Crippen LogP contribution in [0.4, 0.5) is 0 Å². The zero-order chi connectivity index (χ0) is 23.5. The van der Waals surface area contributed by atoms with Gasteiger partial charge in [-0.05, 0) is 105 Å². The first-order chi connectivity index (χ1) is 14.9. The molecule has 0 aromatic rings. The van der Waals surface area contributed by atoms with Crippen molar-refractivity contribution < 1.29 is 25.5 Å². The molecule has 4 saturated carbocycles. The van der Waals surface area contributed by atoms with Crippen molar-refractivity contribution >= 4 is 0 Å². The summed E-state index contributed by atoms with van der Waals surface area (Å²) in [6.45, 7) is 8.45. The maximum Gasteiger partial charge on any atom is 0.0849 e. The summed E-state index contributed by atoms with van der Waals surface area (Å²) in [5.74, 6) is 2.17. The third-order valence-corrected chi connectivity index (χ3v) is 11.2. The molecule has 5 N–H and O–H groups in total. The van der Waals surface area contributed by atoms with Gasteiger partial charge in [0.05, 0.1) is 30.5 Å². The van der Waals surface area contributed by atoms with E-state index < -0.39 is 5.60 Å². The number of hydrogen-bond acceptors (Lipinski definition) is 5. The Hall–Kier alpha value is -0.200. The van der Waals surface area contributed by atoms with Crippen LogP contribution < -0.4 is 0 Å². The molecule has 0 aromatic carbocycles. The SMILES string of the molecule is C[C@H](CCCC(C)(O)CO)[C@H]1CC[C@H]2[C@@H]3[C@H](O)C[C@H]4C[C@H](O)CC[C@]4(C)[C@H]3C[C@H](O)[C@]12C. The molecule has 12 atom stereocenters. The third-order valence-electron chi connectivity index (χ3n) is 11.2. The molecule has 0 saturated heterocycles. The van der Waals surface area contributed by atoms with E-state index in [-0.39, 0.29) is 41.7 Å². The Kier molecular flexibility index (Phi) is 6.84. The van der Waals surface area contributed by atoms with Gasteiger partial charge in [-0.15, -0.1) is 0 Å². The third kappa shape index (κ3) is 3.98. The van der Waals surface area contributed by atoms with Gasteiger partial charge in [0.2, 0.25) is 0 Å². The largest absolute Gasteiger partial charge is 0.393 e. The molecular weight excluding hydrogens is 404 g/mol. The zero-order valence-corrected chi connectivity index (χ0v) is 20.7. The molecule has 5 heteroatoms. The van der Waals surface area contributed by atoms with Gasteiger partial charge in [0, 0.05) is 0 Å². The lowest BCUT2D eigenvalue weighted by molar-refractivity contribution is -0.207. The maximum absolute atomic E-state index is 11.6. The topological polar surface area (TPSA) is 101 Å². The highest BCUT2D eigenvalue weighted by molar-refractivity contribution is 5.14. The van der Waals surface area contributed by atoms with Crippen molar-refractivity contribution in [3.63, 3.8) is 0 Å². The first-order valence-corrected chi connectivity index (χ1v) is 13.3. The molecule has 4 aliphatic rings. The van der Waals surface area contributed by atoms with Crippen molar-refractivity contribution in [3.8, 4) is 0 Å². The summed E-state index contributed by atoms with van der Waals surface area (Å²) in [4.78, 5) is 0. The van der Waals surface area contributed by atoms with E-state index in [0.717, 1.165) is 57.8 Å². The number of aliphatic hydroxyl groups is 5. The van der Waals surface area contributed by atoms with E-state index >= 15 is 0 Å². The van der Waals surface area contributed by atoms with Gasteiger partial charge in [-0.2, -0.15) is 0 Å². The normalized spacial score (nSPS) is 51.3. The molecule has 0 radical (unpaired) electrons. The lowest BCUT2D eigenvalue weighted by Crippen LogP contribution is -2.62. The predicted octanol–water partition coefficient (Wildman–Crippen LogP) is 3.50. The van der Waals surface area contributed by atoms with Crippen LogP contribution in [0.5, 0.6) is 0 Å². The summed E-state index contributed by atoms with van der Waals surface area (Å²) in [6.07, 6.45) is 7.96. The number of aliphatic hydroxyl groups excluding tert-OH is 4. The van der Waals surface area contributed by atoms with Crippen LogP contribution in [0.3, 0.4) is 0 Å². The highest BCUT2D eigenvalue weighted by Crippen LogP contribution is 2.68. The Morgan fingerprint density at radius 2 is 1.72 bits per heavy atom. The summed E-state index contributed by atoms with van der Waals surface area (Å²) >= 11 is 0. The molecule has 0 aromatic heterocycles. The summed E-state index contributed by atoms with van der Waals surface area (Å²) in [5, 5.41) is 52.7. The van der Waals surface area contributed by atoms with Crippen LogP contribution in [0.1, 0.15) is 91.9 Å². The molecular formula is C27H48O5. The summed E-state index contributed by atoms with van der Waals surface area (Å²) in [7, 11) is 0. The van der Waals surface area contributed by atoms with Crippen molar-refractivity contribution in [1.29, 1.82) is 0 Å². The maximum atomic E-state index is 11.6. The van der Waals surface area contributed by atoms with Crippen LogP contribution in [0.15, 0.2) is 0 Å². The van der Waals surface area contributed by atoms with Crippen molar-refractivity contribution in [2.45, 2.75) is 116 Å². The average molecular weight is 453 g/mol. The van der Waals surface area contributed by atoms with E-state index in [0.29, 0.717) is 36.0 Å². The highest BCUT2D eigenvalue weighted by Gasteiger charge is 2.65. The molecule has 0 bridgehead atoms. The van der Waals surface area contributed by atoms with Gasteiger partial charge in [-0.1, -0.05) is 33.6 Å². The van der Waals surface area contributed by atoms with Crippen molar-refractivity contribution in [2.24, 2.45) is 46.3 Å². The lowest BCUT2D eigenvalue weighted by Gasteiger charge is -2.63. The van der Waals surface area contributed by atoms with Gasteiger partial charge in [0.15, 0.2) is 0 Å². The monoisotopic (exact) mass is 452 g/mol. The Morgan fingerprint density at radius 3 is 2.41 bits per heavy atom. The first-order valence-electron chi connectivity index (χ1n) is 13.3. The Bertz CT molecular complexity index is 666. The van der Waals surface area contributed by atoms with Crippen molar-refractivity contribution in [2.75, 3.05) is 6.61 Å². The van der Waals surface area contributed by atoms with E-state index in [1.807, 2.05) is 0 Å². The van der Waals surface area contributed by atoms with Crippen LogP contribution in [-0.4, -0.2) is 56.1 Å². The first kappa shape index (κ1) is 24.9. The van der Waals surface area contributed by atoms with E-state index in [1.165, 1.54) is 0 Å². The van der Waals surface area contributed by atoms with Gasteiger partial charge in [-0.25, -0.2) is 0 Å². The Labute approximate surface area is 194 Å². The second kappa shape index (κ2) is 8.78. The van der Waals surface area contributed by atoms with E-state index in [9.17, 15) is 25.5 Å². The van der Waals surface area contributed by atoms with Gasteiger partial charge < -0.3 is 25.5 Å². The van der Waals surface area contributed by atoms with Crippen LogP contribution in [-0.2, 0) is 0 Å². The predicted molar refractivity (Wildman–Crippen MR) is 125 cm³/mol. The van der Waals surface area contributed by atoms with E-state index in [1.54, 1.807) is 6.92 Å². The molecule has 32 heavy (non-hydrogen) atoms. The molecule has 1 unspecified atom stereocenters. The number of rotatable bonds is 6. The lowest BCUT2D eigenvalue weighted by atomic mass is 9.43. The minimum Gasteiger partial charge on any atom is -0.393 e. The zero-order valence-electron chi connectivity index (χ0n) is 20.7. The number of fused-ring (bicyclic) bond motifs is 5. The smallest absolute Gasteiger partial charge is 0.0849 e. The molecule has 4 rings (SSSR count). The second-order valence-corrected chi connectivity index (χ2v) is 13.1. The second-order valence-electron chi connectivity index (χ2n) is 13.1. The molecule has 186 valence electrons. The summed E-state index contributed by atoms with van der Waals surface area (Å²) in [6, 6.07) is 0. The quantitative estimate of drug-likeness (QED) is 0.425. The fraction of sp³-hybridized carbons (Fsp3) is 1.00. The van der Waals surface area contributed by atoms with Crippen molar-refractivity contribution in [1.82, 2.24) is 0 Å². The molecule has 0 aliphatic heterocycles. The Morgan fingerprint density at radius 1 is 1.00 bits per heavy atom. The van der Waals surface area contributed by atoms with E-state index in [2.05, 4.69) is 20.8 Å². The van der Waals surface area contributed by atoms with E-state index in [4.69, 9.17) is 0 Å². The van der Waals surface area contributed by atoms with Crippen LogP contribution in [0, 0.1) is 46.3 Å². The highest BCUT2D eigenvalue weighted by atomic mass is 16.3. The van der Waals surface area contributed by atoms with Gasteiger partial charge in [0.1, 0.15) is 0 Å². The summed E-state index contributed by atoms with van der Waals surface area (Å²) < 4.78 is 0. The molecule has 0 spiro atoms. The van der Waals surface area contributed by atoms with Gasteiger partial charge >= 0.3 is 0 Å². The number of hydrogen-bond donors (Lipinski definition) is 5. The fourth-order valence-corrected chi connectivity index (χ4v) is 9.22. The molecule has 4 aliphatic carbocycles. The minimum atomic E-state index is -1.01. The minimum absolute atomic E-state index is 0.116. The molecule has 0 amide bonds. The van der Waals surface area contributed by atoms with Gasteiger partial charge in [0.25, 0.3) is 0 Å².